The van der Waals surface area contributed by atoms with Crippen molar-refractivity contribution in [1.29, 1.82) is 0 Å². The number of para-hydroxylation sites is 1. The molecule has 0 bridgehead atoms. The average molecular weight is 257 g/mol. The first kappa shape index (κ1) is 15.2. The molecule has 2 N–H and O–H groups in total. The van der Waals surface area contributed by atoms with Gasteiger partial charge in [0, 0.05) is 18.4 Å². The molecular formula is C16H23N3. The largest absolute Gasteiger partial charge is 0.332 e. The summed E-state index contributed by atoms with van der Waals surface area (Å²) in [6, 6.07) is 9.97. The minimum Gasteiger partial charge on any atom is -0.332 e. The summed E-state index contributed by atoms with van der Waals surface area (Å²) in [5.41, 5.74) is 8.05. The van der Waals surface area contributed by atoms with E-state index in [1.165, 1.54) is 0 Å². The molecule has 0 amide bonds. The molecule has 0 heterocycles. The fourth-order valence-electron chi connectivity index (χ4n) is 1.72. The van der Waals surface area contributed by atoms with E-state index in [0.717, 1.165) is 17.2 Å². The molecule has 0 saturated carbocycles. The zero-order chi connectivity index (χ0) is 14.3. The van der Waals surface area contributed by atoms with Crippen LogP contribution < -0.4 is 10.6 Å². The van der Waals surface area contributed by atoms with Gasteiger partial charge in [-0.05, 0) is 39.0 Å². The lowest BCUT2D eigenvalue weighted by atomic mass is 10.2. The molecule has 0 radical (unpaired) electrons. The molecular weight excluding hydrogens is 234 g/mol. The van der Waals surface area contributed by atoms with Crippen molar-refractivity contribution in [3.05, 3.63) is 54.3 Å². The summed E-state index contributed by atoms with van der Waals surface area (Å²) in [5.74, 6) is 0.851. The second kappa shape index (κ2) is 7.54. The summed E-state index contributed by atoms with van der Waals surface area (Å²) < 4.78 is 0. The fourth-order valence-corrected chi connectivity index (χ4v) is 1.72. The molecule has 0 aliphatic heterocycles. The Morgan fingerprint density at radius 2 is 1.95 bits per heavy atom. The third-order valence-electron chi connectivity index (χ3n) is 2.72. The minimum atomic E-state index is -0.126. The Morgan fingerprint density at radius 1 is 1.32 bits per heavy atom. The van der Waals surface area contributed by atoms with Crippen molar-refractivity contribution in [3.8, 4) is 0 Å². The predicted octanol–water partition coefficient (Wildman–Crippen LogP) is 3.35. The summed E-state index contributed by atoms with van der Waals surface area (Å²) in [5, 5.41) is 0. The molecule has 1 aromatic carbocycles. The van der Waals surface area contributed by atoms with Crippen LogP contribution in [0, 0.1) is 0 Å². The highest BCUT2D eigenvalue weighted by Crippen LogP contribution is 2.14. The number of benzene rings is 1. The Morgan fingerprint density at radius 3 is 2.47 bits per heavy atom. The molecule has 0 fully saturated rings. The van der Waals surface area contributed by atoms with Crippen molar-refractivity contribution in [2.75, 3.05) is 11.9 Å². The van der Waals surface area contributed by atoms with Gasteiger partial charge in [0.1, 0.15) is 5.84 Å². The van der Waals surface area contributed by atoms with Gasteiger partial charge in [0.05, 0.1) is 6.04 Å². The molecule has 1 rings (SSSR count). The Bertz CT molecular complexity index is 470. The van der Waals surface area contributed by atoms with Gasteiger partial charge in [0.25, 0.3) is 0 Å². The molecule has 1 atom stereocenters. The number of rotatable bonds is 4. The first-order chi connectivity index (χ1) is 9.06. The number of allylic oxidation sites excluding steroid dienone is 4. The predicted molar refractivity (Wildman–Crippen MR) is 84.5 cm³/mol. The Kier molecular flexibility index (Phi) is 6.03. The number of likely N-dealkylation sites (N-methyl/N-ethyl adjacent to an activating group) is 1. The Balaban J connectivity index is 3.05. The monoisotopic (exact) mass is 257 g/mol. The third-order valence-corrected chi connectivity index (χ3v) is 2.72. The van der Waals surface area contributed by atoms with Crippen LogP contribution in [-0.2, 0) is 0 Å². The zero-order valence-corrected chi connectivity index (χ0v) is 12.2. The van der Waals surface area contributed by atoms with Crippen LogP contribution in [0.25, 0.3) is 0 Å². The van der Waals surface area contributed by atoms with Gasteiger partial charge in [-0.1, -0.05) is 30.4 Å². The minimum absolute atomic E-state index is 0.126. The Labute approximate surface area is 116 Å². The van der Waals surface area contributed by atoms with E-state index in [1.807, 2.05) is 81.3 Å². The molecule has 1 aromatic rings. The Hall–Kier alpha value is -1.87. The zero-order valence-electron chi connectivity index (χ0n) is 12.2. The molecule has 0 aliphatic rings. The number of nitrogens with zero attached hydrogens (tertiary/aromatic N) is 2. The first-order valence-corrected chi connectivity index (χ1v) is 6.48. The van der Waals surface area contributed by atoms with Crippen molar-refractivity contribution in [2.24, 2.45) is 10.7 Å². The molecule has 0 unspecified atom stereocenters. The summed E-state index contributed by atoms with van der Waals surface area (Å²) in [6.45, 7) is 5.90. The molecule has 102 valence electrons. The van der Waals surface area contributed by atoms with Gasteiger partial charge < -0.3 is 10.6 Å². The third kappa shape index (κ3) is 4.72. The van der Waals surface area contributed by atoms with E-state index in [-0.39, 0.29) is 6.04 Å². The van der Waals surface area contributed by atoms with E-state index >= 15 is 0 Å². The first-order valence-electron chi connectivity index (χ1n) is 6.48. The van der Waals surface area contributed by atoms with Gasteiger partial charge in [-0.2, -0.15) is 0 Å². The molecule has 0 saturated heterocycles. The lowest BCUT2D eigenvalue weighted by Crippen LogP contribution is -2.40. The van der Waals surface area contributed by atoms with Crippen LogP contribution in [0.2, 0.25) is 0 Å². The van der Waals surface area contributed by atoms with Crippen LogP contribution in [-0.4, -0.2) is 18.9 Å². The summed E-state index contributed by atoms with van der Waals surface area (Å²) in [4.78, 5) is 6.64. The number of anilines is 1. The number of hydrogen-bond acceptors (Lipinski definition) is 2. The van der Waals surface area contributed by atoms with Crippen LogP contribution in [0.4, 0.5) is 5.69 Å². The van der Waals surface area contributed by atoms with Crippen molar-refractivity contribution in [1.82, 2.24) is 0 Å². The highest BCUT2D eigenvalue weighted by atomic mass is 15.2. The second-order valence-corrected chi connectivity index (χ2v) is 4.49. The maximum atomic E-state index is 6.03. The molecule has 3 heteroatoms. The van der Waals surface area contributed by atoms with Gasteiger partial charge >= 0.3 is 0 Å². The van der Waals surface area contributed by atoms with Gasteiger partial charge in [-0.3, -0.25) is 0 Å². The molecule has 19 heavy (non-hydrogen) atoms. The average Bonchev–Trinajstić information content (AvgIpc) is 2.42. The van der Waals surface area contributed by atoms with Gasteiger partial charge in [-0.15, -0.1) is 0 Å². The van der Waals surface area contributed by atoms with Crippen LogP contribution in [0.1, 0.15) is 20.8 Å². The maximum Gasteiger partial charge on any atom is 0.125 e. The highest BCUT2D eigenvalue weighted by Gasteiger charge is 2.12. The van der Waals surface area contributed by atoms with Crippen LogP contribution in [0.5, 0.6) is 0 Å². The van der Waals surface area contributed by atoms with E-state index in [4.69, 9.17) is 5.73 Å². The summed E-state index contributed by atoms with van der Waals surface area (Å²) in [7, 11) is 1.99. The summed E-state index contributed by atoms with van der Waals surface area (Å²) in [6.07, 6.45) is 5.92. The molecule has 0 aromatic heterocycles. The van der Waals surface area contributed by atoms with Crippen molar-refractivity contribution in [2.45, 2.75) is 26.8 Å². The molecule has 3 nitrogen and oxygen atoms in total. The standard InChI is InChI=1S/C16H23N3/c1-5-6-10-13(2)18-16(14(3)17)19(4)15-11-8-7-9-12-15/h5-12,14H,17H2,1-4H3/b6-5-,13-10+,18-16?/t14-/m0/s1. The van der Waals surface area contributed by atoms with Gasteiger partial charge in [0.15, 0.2) is 0 Å². The number of aliphatic imine (C=N–C) groups is 1. The fraction of sp³-hybridized carbons (Fsp3) is 0.312. The normalized spacial score (nSPS) is 14.8. The van der Waals surface area contributed by atoms with Crippen molar-refractivity contribution < 1.29 is 0 Å². The van der Waals surface area contributed by atoms with Crippen LogP contribution in [0.15, 0.2) is 59.2 Å². The number of hydrogen-bond donors (Lipinski definition) is 1. The van der Waals surface area contributed by atoms with Crippen LogP contribution in [0.3, 0.4) is 0 Å². The maximum absolute atomic E-state index is 6.03. The van der Waals surface area contributed by atoms with E-state index in [9.17, 15) is 0 Å². The SMILES string of the molecule is C/C=C\C=C(/C)N=C([C@H](C)N)N(C)c1ccccc1. The van der Waals surface area contributed by atoms with E-state index in [0.29, 0.717) is 0 Å². The quantitative estimate of drug-likeness (QED) is 0.510. The van der Waals surface area contributed by atoms with E-state index in [1.54, 1.807) is 0 Å². The number of amidine groups is 1. The molecule has 0 aliphatic carbocycles. The van der Waals surface area contributed by atoms with Gasteiger partial charge in [0.2, 0.25) is 0 Å². The second-order valence-electron chi connectivity index (χ2n) is 4.49. The molecule has 0 spiro atoms. The lowest BCUT2D eigenvalue weighted by molar-refractivity contribution is 0.934. The highest BCUT2D eigenvalue weighted by molar-refractivity contribution is 6.01. The van der Waals surface area contributed by atoms with Crippen molar-refractivity contribution in [3.63, 3.8) is 0 Å². The van der Waals surface area contributed by atoms with E-state index < -0.39 is 0 Å². The topological polar surface area (TPSA) is 41.6 Å². The lowest BCUT2D eigenvalue weighted by Gasteiger charge is -2.24. The van der Waals surface area contributed by atoms with Crippen LogP contribution >= 0.6 is 0 Å². The van der Waals surface area contributed by atoms with Gasteiger partial charge in [-0.25, -0.2) is 4.99 Å². The van der Waals surface area contributed by atoms with Crippen molar-refractivity contribution >= 4 is 11.5 Å². The summed E-state index contributed by atoms with van der Waals surface area (Å²) >= 11 is 0. The smallest absolute Gasteiger partial charge is 0.125 e. The number of nitrogens with two attached hydrogens (primary N) is 1. The van der Waals surface area contributed by atoms with E-state index in [2.05, 4.69) is 4.99 Å².